The van der Waals surface area contributed by atoms with Crippen molar-refractivity contribution in [3.63, 3.8) is 0 Å². The zero-order valence-corrected chi connectivity index (χ0v) is 37.1. The minimum absolute atomic E-state index is 0.0813. The second kappa shape index (κ2) is 47.2. The molecule has 324 valence electrons. The molecule has 0 aromatic rings. The Bertz CT molecular complexity index is 977. The van der Waals surface area contributed by atoms with Gasteiger partial charge in [-0.1, -0.05) is 221 Å². The van der Waals surface area contributed by atoms with Crippen molar-refractivity contribution in [3.05, 3.63) is 72.9 Å². The van der Waals surface area contributed by atoms with Gasteiger partial charge in [0.25, 0.3) is 0 Å². The maximum atomic E-state index is 12.3. The first-order valence-corrected chi connectivity index (χ1v) is 24.1. The number of hydrogen-bond donors (Lipinski definition) is 3. The second-order valence-electron chi connectivity index (χ2n) is 16.2. The normalized spacial score (nSPS) is 13.6. The number of allylic oxidation sites excluding steroid dienone is 11. The van der Waals surface area contributed by atoms with Crippen molar-refractivity contribution in [2.24, 2.45) is 0 Å². The molecule has 0 heterocycles. The van der Waals surface area contributed by atoms with Gasteiger partial charge in [0.2, 0.25) is 5.91 Å². The molecule has 2 unspecified atom stereocenters. The van der Waals surface area contributed by atoms with Crippen LogP contribution in [0.25, 0.3) is 0 Å². The molecule has 0 saturated heterocycles. The molecule has 0 fully saturated rings. The number of amides is 1. The molecule has 56 heavy (non-hydrogen) atoms. The summed E-state index contributed by atoms with van der Waals surface area (Å²) in [4.78, 5) is 12.3. The standard InChI is InChI=1S/C52H93NO3/c1-3-5-7-9-11-13-14-15-16-17-18-19-20-21-22-23-24-25-26-27-28-29-30-31-32-33-34-35-36-37-38-40-42-44-46-48-52(56)53-50(49-54)51(55)47-45-43-41-39-12-10-8-6-4-2/h4,6,12,14-15,17-18,20-21,39,45,47,50-51,54-55H,3,5,7-11,13,16,19,22-38,40-44,46,48-49H2,1-2H3,(H,53,56)/b6-4+,15-14-,18-17-,21-20-,39-12+,47-45+. The number of carbonyl (C=O) groups is 1. The van der Waals surface area contributed by atoms with E-state index in [0.29, 0.717) is 6.42 Å². The lowest BCUT2D eigenvalue weighted by molar-refractivity contribution is -0.123. The van der Waals surface area contributed by atoms with Gasteiger partial charge < -0.3 is 15.5 Å². The van der Waals surface area contributed by atoms with E-state index in [0.717, 1.165) is 51.4 Å². The quantitative estimate of drug-likeness (QED) is 0.0426. The van der Waals surface area contributed by atoms with Gasteiger partial charge in [0.05, 0.1) is 18.8 Å². The summed E-state index contributed by atoms with van der Waals surface area (Å²) < 4.78 is 0. The molecule has 1 amide bonds. The first-order valence-electron chi connectivity index (χ1n) is 24.1. The summed E-state index contributed by atoms with van der Waals surface area (Å²) in [5.74, 6) is -0.0813. The first kappa shape index (κ1) is 53.8. The highest BCUT2D eigenvalue weighted by atomic mass is 16.3. The van der Waals surface area contributed by atoms with E-state index >= 15 is 0 Å². The van der Waals surface area contributed by atoms with Gasteiger partial charge in [0.15, 0.2) is 0 Å². The van der Waals surface area contributed by atoms with Crippen LogP contribution in [0.2, 0.25) is 0 Å². The summed E-state index contributed by atoms with van der Waals surface area (Å²) in [6.07, 6.45) is 67.8. The summed E-state index contributed by atoms with van der Waals surface area (Å²) >= 11 is 0. The Morgan fingerprint density at radius 3 is 1.25 bits per heavy atom. The maximum Gasteiger partial charge on any atom is 0.220 e. The van der Waals surface area contributed by atoms with Crippen LogP contribution in [0.3, 0.4) is 0 Å². The largest absolute Gasteiger partial charge is 0.394 e. The van der Waals surface area contributed by atoms with Crippen LogP contribution in [0.5, 0.6) is 0 Å². The molecule has 0 spiro atoms. The zero-order chi connectivity index (χ0) is 40.7. The molecule has 0 aliphatic heterocycles. The van der Waals surface area contributed by atoms with Gasteiger partial charge in [-0.2, -0.15) is 0 Å². The molecular weight excluding hydrogens is 687 g/mol. The third-order valence-electron chi connectivity index (χ3n) is 10.7. The minimum Gasteiger partial charge on any atom is -0.394 e. The number of rotatable bonds is 43. The van der Waals surface area contributed by atoms with Gasteiger partial charge in [-0.05, 0) is 77.6 Å². The summed E-state index contributed by atoms with van der Waals surface area (Å²) in [5, 5.41) is 22.8. The Hall–Kier alpha value is -2.17. The van der Waals surface area contributed by atoms with Crippen molar-refractivity contribution in [3.8, 4) is 0 Å². The van der Waals surface area contributed by atoms with E-state index in [1.54, 1.807) is 6.08 Å². The third-order valence-corrected chi connectivity index (χ3v) is 10.7. The Labute approximate surface area is 349 Å². The molecule has 0 radical (unpaired) electrons. The maximum absolute atomic E-state index is 12.3. The summed E-state index contributed by atoms with van der Waals surface area (Å²) in [5.41, 5.74) is 0. The molecule has 3 N–H and O–H groups in total. The fraction of sp³-hybridized carbons (Fsp3) is 0.750. The summed E-state index contributed by atoms with van der Waals surface area (Å²) in [6.45, 7) is 4.05. The van der Waals surface area contributed by atoms with Gasteiger partial charge >= 0.3 is 0 Å². The smallest absolute Gasteiger partial charge is 0.220 e. The van der Waals surface area contributed by atoms with E-state index in [1.807, 2.05) is 13.0 Å². The predicted octanol–water partition coefficient (Wildman–Crippen LogP) is 15.5. The van der Waals surface area contributed by atoms with Crippen LogP contribution in [0.1, 0.15) is 232 Å². The van der Waals surface area contributed by atoms with Crippen molar-refractivity contribution in [1.82, 2.24) is 5.32 Å². The van der Waals surface area contributed by atoms with Crippen LogP contribution >= 0.6 is 0 Å². The van der Waals surface area contributed by atoms with Crippen LogP contribution in [0, 0.1) is 0 Å². The lowest BCUT2D eigenvalue weighted by Crippen LogP contribution is -2.45. The number of hydrogen-bond acceptors (Lipinski definition) is 3. The average molecular weight is 780 g/mol. The Kier molecular flexibility index (Phi) is 45.4. The average Bonchev–Trinajstić information content (AvgIpc) is 3.20. The Balaban J connectivity index is 3.43. The number of carbonyl (C=O) groups excluding carboxylic acids is 1. The van der Waals surface area contributed by atoms with Crippen LogP contribution in [-0.4, -0.2) is 34.9 Å². The molecule has 4 heteroatoms. The van der Waals surface area contributed by atoms with Gasteiger partial charge in [-0.3, -0.25) is 4.79 Å². The van der Waals surface area contributed by atoms with Gasteiger partial charge in [-0.15, -0.1) is 0 Å². The fourth-order valence-corrected chi connectivity index (χ4v) is 7.05. The van der Waals surface area contributed by atoms with Gasteiger partial charge in [-0.25, -0.2) is 0 Å². The van der Waals surface area contributed by atoms with Crippen molar-refractivity contribution >= 4 is 5.91 Å². The number of aliphatic hydroxyl groups is 2. The third kappa shape index (κ3) is 43.0. The highest BCUT2D eigenvalue weighted by Gasteiger charge is 2.17. The van der Waals surface area contributed by atoms with E-state index < -0.39 is 12.1 Å². The van der Waals surface area contributed by atoms with Crippen molar-refractivity contribution < 1.29 is 15.0 Å². The minimum atomic E-state index is -0.869. The lowest BCUT2D eigenvalue weighted by Gasteiger charge is -2.19. The molecule has 0 rings (SSSR count). The molecule has 0 aliphatic carbocycles. The van der Waals surface area contributed by atoms with Crippen LogP contribution in [0.15, 0.2) is 72.9 Å². The molecule has 0 aromatic carbocycles. The number of aliphatic hydroxyl groups excluding tert-OH is 2. The van der Waals surface area contributed by atoms with Crippen molar-refractivity contribution in [2.75, 3.05) is 6.61 Å². The predicted molar refractivity (Wildman–Crippen MR) is 248 cm³/mol. The Morgan fingerprint density at radius 1 is 0.464 bits per heavy atom. The molecule has 0 saturated carbocycles. The molecular formula is C52H93NO3. The van der Waals surface area contributed by atoms with Gasteiger partial charge in [0, 0.05) is 6.42 Å². The van der Waals surface area contributed by atoms with Crippen LogP contribution < -0.4 is 5.32 Å². The molecule has 0 bridgehead atoms. The SMILES string of the molecule is C/C=C/CC/C=C/CC/C=C/C(O)C(CO)NC(=O)CCCCCCCCCCCCCCCCCCCCCC/C=C\C/C=C\C/C=C\CCCCCCC. The highest BCUT2D eigenvalue weighted by molar-refractivity contribution is 5.76. The van der Waals surface area contributed by atoms with Crippen molar-refractivity contribution in [1.29, 1.82) is 0 Å². The first-order chi connectivity index (χ1) is 27.7. The van der Waals surface area contributed by atoms with Gasteiger partial charge in [0.1, 0.15) is 0 Å². The van der Waals surface area contributed by atoms with Crippen LogP contribution in [0.4, 0.5) is 0 Å². The van der Waals surface area contributed by atoms with E-state index in [4.69, 9.17) is 0 Å². The Morgan fingerprint density at radius 2 is 0.821 bits per heavy atom. The zero-order valence-electron chi connectivity index (χ0n) is 37.1. The van der Waals surface area contributed by atoms with E-state index in [-0.39, 0.29) is 12.5 Å². The number of nitrogens with one attached hydrogen (secondary N) is 1. The van der Waals surface area contributed by atoms with E-state index in [1.165, 1.54) is 161 Å². The van der Waals surface area contributed by atoms with Crippen LogP contribution in [-0.2, 0) is 4.79 Å². The van der Waals surface area contributed by atoms with E-state index in [2.05, 4.69) is 73.0 Å². The van der Waals surface area contributed by atoms with Crippen molar-refractivity contribution in [2.45, 2.75) is 244 Å². The monoisotopic (exact) mass is 780 g/mol. The number of unbranched alkanes of at least 4 members (excludes halogenated alkanes) is 27. The van der Waals surface area contributed by atoms with E-state index in [9.17, 15) is 15.0 Å². The topological polar surface area (TPSA) is 69.6 Å². The lowest BCUT2D eigenvalue weighted by atomic mass is 10.0. The fourth-order valence-electron chi connectivity index (χ4n) is 7.05. The molecule has 0 aromatic heterocycles. The second-order valence-corrected chi connectivity index (χ2v) is 16.2. The molecule has 2 atom stereocenters. The highest BCUT2D eigenvalue weighted by Crippen LogP contribution is 2.16. The molecule has 4 nitrogen and oxygen atoms in total. The summed E-state index contributed by atoms with van der Waals surface area (Å²) in [7, 11) is 0. The molecule has 0 aliphatic rings. The summed E-state index contributed by atoms with van der Waals surface area (Å²) in [6, 6.07) is -0.644.